The number of oxazole rings is 1. The molecule has 1 N–H and O–H groups in total. The quantitative estimate of drug-likeness (QED) is 0.631. The number of aromatic nitrogens is 1. The zero-order chi connectivity index (χ0) is 21.6. The fraction of sp³-hybridized carbons (Fsp3) is 0.292. The smallest absolute Gasteiger partial charge is 0.251 e. The van der Waals surface area contributed by atoms with Gasteiger partial charge in [0.25, 0.3) is 5.91 Å². The van der Waals surface area contributed by atoms with E-state index in [0.717, 1.165) is 24.2 Å². The summed E-state index contributed by atoms with van der Waals surface area (Å²) in [5.41, 5.74) is 1.64. The van der Waals surface area contributed by atoms with Crippen molar-refractivity contribution in [2.45, 2.75) is 25.2 Å². The lowest BCUT2D eigenvalue weighted by atomic mass is 9.98. The summed E-state index contributed by atoms with van der Waals surface area (Å²) in [6.07, 6.45) is 4.19. The third-order valence-electron chi connectivity index (χ3n) is 5.42. The van der Waals surface area contributed by atoms with Crippen LogP contribution in [0.1, 0.15) is 46.3 Å². The largest absolute Gasteiger partial charge is 0.445 e. The molecule has 1 aliphatic rings. The number of rotatable bonds is 6. The first-order chi connectivity index (χ1) is 15.1. The molecule has 1 fully saturated rings. The Hall–Kier alpha value is -3.12. The Kier molecular flexibility index (Phi) is 6.67. The Morgan fingerprint density at radius 3 is 2.68 bits per heavy atom. The van der Waals surface area contributed by atoms with Gasteiger partial charge in [-0.2, -0.15) is 0 Å². The number of halogens is 1. The van der Waals surface area contributed by atoms with Crippen LogP contribution in [-0.4, -0.2) is 41.3 Å². The Labute approximate surface area is 186 Å². The van der Waals surface area contributed by atoms with E-state index in [1.165, 1.54) is 0 Å². The molecule has 3 aromatic rings. The summed E-state index contributed by atoms with van der Waals surface area (Å²) in [6, 6.07) is 16.5. The summed E-state index contributed by atoms with van der Waals surface area (Å²) < 4.78 is 5.99. The highest BCUT2D eigenvalue weighted by molar-refractivity contribution is 6.30. The van der Waals surface area contributed by atoms with Crippen LogP contribution in [0.4, 0.5) is 0 Å². The molecule has 1 aromatic heterocycles. The molecule has 160 valence electrons. The monoisotopic (exact) mass is 437 g/mol. The van der Waals surface area contributed by atoms with Crippen LogP contribution in [0.15, 0.2) is 65.2 Å². The van der Waals surface area contributed by atoms with Crippen LogP contribution in [0.2, 0.25) is 5.02 Å². The van der Waals surface area contributed by atoms with Crippen molar-refractivity contribution in [3.63, 3.8) is 0 Å². The molecule has 0 spiro atoms. The molecule has 2 heterocycles. The third-order valence-corrected chi connectivity index (χ3v) is 5.67. The summed E-state index contributed by atoms with van der Waals surface area (Å²) in [5, 5.41) is 3.41. The first-order valence-corrected chi connectivity index (χ1v) is 10.8. The normalized spacial score (nSPS) is 16.2. The lowest BCUT2D eigenvalue weighted by molar-refractivity contribution is -0.131. The van der Waals surface area contributed by atoms with Gasteiger partial charge in [0.15, 0.2) is 5.89 Å². The predicted octanol–water partition coefficient (Wildman–Crippen LogP) is 4.05. The van der Waals surface area contributed by atoms with Crippen LogP contribution >= 0.6 is 11.6 Å². The van der Waals surface area contributed by atoms with Crippen LogP contribution in [0.5, 0.6) is 0 Å². The maximum atomic E-state index is 12.6. The first-order valence-electron chi connectivity index (χ1n) is 10.4. The van der Waals surface area contributed by atoms with Crippen LogP contribution in [-0.2, 0) is 11.2 Å². The maximum absolute atomic E-state index is 12.6. The summed E-state index contributed by atoms with van der Waals surface area (Å²) in [4.78, 5) is 31.1. The molecular weight excluding hydrogens is 414 g/mol. The predicted molar refractivity (Wildman–Crippen MR) is 118 cm³/mol. The molecular formula is C24H24ClN3O3. The highest BCUT2D eigenvalue weighted by atomic mass is 35.5. The van der Waals surface area contributed by atoms with Gasteiger partial charge >= 0.3 is 0 Å². The van der Waals surface area contributed by atoms with E-state index in [0.29, 0.717) is 36.0 Å². The molecule has 0 aliphatic carbocycles. The summed E-state index contributed by atoms with van der Waals surface area (Å²) in [5.74, 6) is 1.16. The maximum Gasteiger partial charge on any atom is 0.251 e. The highest BCUT2D eigenvalue weighted by Crippen LogP contribution is 2.27. The zero-order valence-electron chi connectivity index (χ0n) is 17.1. The Bertz CT molecular complexity index is 1030. The van der Waals surface area contributed by atoms with Gasteiger partial charge in [0.1, 0.15) is 5.76 Å². The van der Waals surface area contributed by atoms with E-state index in [1.54, 1.807) is 35.4 Å². The van der Waals surface area contributed by atoms with Gasteiger partial charge in [-0.1, -0.05) is 41.9 Å². The number of benzene rings is 2. The van der Waals surface area contributed by atoms with Gasteiger partial charge in [-0.05, 0) is 42.7 Å². The minimum absolute atomic E-state index is 0.0200. The minimum atomic E-state index is -0.248. The van der Waals surface area contributed by atoms with Crippen molar-refractivity contribution < 1.29 is 14.0 Å². The van der Waals surface area contributed by atoms with E-state index < -0.39 is 0 Å². The van der Waals surface area contributed by atoms with Crippen molar-refractivity contribution in [2.75, 3.05) is 19.6 Å². The van der Waals surface area contributed by atoms with Gasteiger partial charge in [0, 0.05) is 30.1 Å². The lowest BCUT2D eigenvalue weighted by Crippen LogP contribution is -2.44. The number of amides is 2. The fourth-order valence-corrected chi connectivity index (χ4v) is 3.89. The number of likely N-dealkylation sites (tertiary alicyclic amines) is 1. The summed E-state index contributed by atoms with van der Waals surface area (Å²) >= 11 is 5.94. The number of carbonyl (C=O) groups is 2. The first kappa shape index (κ1) is 21.1. The van der Waals surface area contributed by atoms with Crippen LogP contribution < -0.4 is 5.32 Å². The van der Waals surface area contributed by atoms with E-state index in [9.17, 15) is 9.59 Å². The molecule has 2 amide bonds. The van der Waals surface area contributed by atoms with Gasteiger partial charge in [-0.25, -0.2) is 4.98 Å². The summed E-state index contributed by atoms with van der Waals surface area (Å²) in [7, 11) is 0. The molecule has 0 bridgehead atoms. The van der Waals surface area contributed by atoms with Crippen molar-refractivity contribution in [3.05, 3.63) is 88.6 Å². The number of piperidine rings is 1. The average Bonchev–Trinajstić information content (AvgIpc) is 3.28. The van der Waals surface area contributed by atoms with Gasteiger partial charge in [0.05, 0.1) is 18.7 Å². The van der Waals surface area contributed by atoms with E-state index in [-0.39, 0.29) is 24.3 Å². The van der Waals surface area contributed by atoms with E-state index in [1.807, 2.05) is 30.3 Å². The van der Waals surface area contributed by atoms with Gasteiger partial charge < -0.3 is 14.6 Å². The fourth-order valence-electron chi connectivity index (χ4n) is 3.76. The van der Waals surface area contributed by atoms with Gasteiger partial charge in [0.2, 0.25) is 5.91 Å². The number of hydrogen-bond acceptors (Lipinski definition) is 4. The number of carbonyl (C=O) groups excluding carboxylic acids is 2. The zero-order valence-corrected chi connectivity index (χ0v) is 17.8. The molecule has 31 heavy (non-hydrogen) atoms. The van der Waals surface area contributed by atoms with Crippen LogP contribution in [0, 0.1) is 0 Å². The standard InChI is InChI=1S/C24H24ClN3O3/c25-20-10-8-17(9-11-20)13-21-14-27-24(31-21)19-7-4-12-28(16-19)22(29)15-26-23(30)18-5-2-1-3-6-18/h1-3,5-6,8-11,14,19H,4,7,12-13,15-16H2,(H,26,30)/t19-/m0/s1. The molecule has 2 aromatic carbocycles. The van der Waals surface area contributed by atoms with Crippen LogP contribution in [0.3, 0.4) is 0 Å². The SMILES string of the molecule is O=C(NCC(=O)N1CCC[C@H](c2ncc(Cc3ccc(Cl)cc3)o2)C1)c1ccccc1. The van der Waals surface area contributed by atoms with E-state index in [2.05, 4.69) is 10.3 Å². The second kappa shape index (κ2) is 9.79. The van der Waals surface area contributed by atoms with Gasteiger partial charge in [-0.3, -0.25) is 9.59 Å². The topological polar surface area (TPSA) is 75.4 Å². The summed E-state index contributed by atoms with van der Waals surface area (Å²) in [6.45, 7) is 1.20. The van der Waals surface area contributed by atoms with Crippen molar-refractivity contribution in [3.8, 4) is 0 Å². The average molecular weight is 438 g/mol. The van der Waals surface area contributed by atoms with E-state index in [4.69, 9.17) is 16.0 Å². The van der Waals surface area contributed by atoms with Crippen LogP contribution in [0.25, 0.3) is 0 Å². The molecule has 0 unspecified atom stereocenters. The number of nitrogens with one attached hydrogen (secondary N) is 1. The number of nitrogens with zero attached hydrogens (tertiary/aromatic N) is 2. The molecule has 1 aliphatic heterocycles. The Morgan fingerprint density at radius 2 is 1.90 bits per heavy atom. The Balaban J connectivity index is 1.32. The second-order valence-corrected chi connectivity index (χ2v) is 8.13. The van der Waals surface area contributed by atoms with Crippen molar-refractivity contribution >= 4 is 23.4 Å². The molecule has 6 nitrogen and oxygen atoms in total. The van der Waals surface area contributed by atoms with Gasteiger partial charge in [-0.15, -0.1) is 0 Å². The molecule has 4 rings (SSSR count). The van der Waals surface area contributed by atoms with E-state index >= 15 is 0 Å². The highest BCUT2D eigenvalue weighted by Gasteiger charge is 2.28. The molecule has 0 radical (unpaired) electrons. The molecule has 1 saturated heterocycles. The molecule has 0 saturated carbocycles. The Morgan fingerprint density at radius 1 is 1.13 bits per heavy atom. The lowest BCUT2D eigenvalue weighted by Gasteiger charge is -2.31. The second-order valence-electron chi connectivity index (χ2n) is 7.70. The molecule has 7 heteroatoms. The third kappa shape index (κ3) is 5.52. The van der Waals surface area contributed by atoms with Crippen molar-refractivity contribution in [1.82, 2.24) is 15.2 Å². The van der Waals surface area contributed by atoms with Crippen molar-refractivity contribution in [2.24, 2.45) is 0 Å². The minimum Gasteiger partial charge on any atom is -0.445 e. The van der Waals surface area contributed by atoms with Crippen molar-refractivity contribution in [1.29, 1.82) is 0 Å². The molecule has 1 atom stereocenters. The number of hydrogen-bond donors (Lipinski definition) is 1.